The quantitative estimate of drug-likeness (QED) is 0.738. The first-order valence-corrected chi connectivity index (χ1v) is 8.60. The second-order valence-corrected chi connectivity index (χ2v) is 6.95. The van der Waals surface area contributed by atoms with E-state index < -0.39 is 0 Å². The Labute approximate surface area is 131 Å². The monoisotopic (exact) mass is 288 g/mol. The van der Waals surface area contributed by atoms with Crippen molar-refractivity contribution in [3.8, 4) is 0 Å². The maximum absolute atomic E-state index is 2.62. The van der Waals surface area contributed by atoms with Gasteiger partial charge in [-0.3, -0.25) is 0 Å². The van der Waals surface area contributed by atoms with E-state index in [0.29, 0.717) is 6.04 Å². The minimum atomic E-state index is 0.247. The van der Waals surface area contributed by atoms with Crippen molar-refractivity contribution >= 4 is 5.69 Å². The molecule has 0 saturated carbocycles. The maximum atomic E-state index is 2.62. The lowest BCUT2D eigenvalue weighted by molar-refractivity contribution is 0.275. The zero-order valence-corrected chi connectivity index (χ0v) is 14.5. The van der Waals surface area contributed by atoms with Crippen molar-refractivity contribution in [2.24, 2.45) is 0 Å². The molecule has 0 saturated heterocycles. The van der Waals surface area contributed by atoms with Crippen LogP contribution in [0.25, 0.3) is 0 Å². The number of rotatable bonds is 7. The summed E-state index contributed by atoms with van der Waals surface area (Å²) in [5.74, 6) is 0. The molecule has 2 nitrogen and oxygen atoms in total. The number of benzene rings is 1. The molecule has 1 aliphatic rings. The molecule has 21 heavy (non-hydrogen) atoms. The first kappa shape index (κ1) is 16.4. The predicted molar refractivity (Wildman–Crippen MR) is 93.3 cm³/mol. The summed E-state index contributed by atoms with van der Waals surface area (Å²) in [6.07, 6.45) is 2.50. The Kier molecular flexibility index (Phi) is 5.32. The van der Waals surface area contributed by atoms with Crippen LogP contribution >= 0.6 is 0 Å². The molecule has 0 radical (unpaired) electrons. The van der Waals surface area contributed by atoms with Crippen molar-refractivity contribution in [2.75, 3.05) is 31.1 Å². The van der Waals surface area contributed by atoms with E-state index in [4.69, 9.17) is 0 Å². The molecule has 0 aromatic heterocycles. The van der Waals surface area contributed by atoms with Crippen LogP contribution in [0.5, 0.6) is 0 Å². The van der Waals surface area contributed by atoms with E-state index >= 15 is 0 Å². The molecule has 2 rings (SSSR count). The molecule has 0 amide bonds. The Morgan fingerprint density at radius 3 is 2.29 bits per heavy atom. The average Bonchev–Trinajstić information content (AvgIpc) is 2.66. The molecule has 118 valence electrons. The fourth-order valence-electron chi connectivity index (χ4n) is 3.62. The highest BCUT2D eigenvalue weighted by Gasteiger charge is 2.41. The van der Waals surface area contributed by atoms with Crippen LogP contribution in [-0.4, -0.2) is 37.1 Å². The van der Waals surface area contributed by atoms with Gasteiger partial charge in [-0.15, -0.1) is 0 Å². The van der Waals surface area contributed by atoms with Crippen LogP contribution in [0.4, 0.5) is 5.69 Å². The van der Waals surface area contributed by atoms with Gasteiger partial charge in [0, 0.05) is 30.2 Å². The van der Waals surface area contributed by atoms with E-state index in [1.165, 1.54) is 43.7 Å². The van der Waals surface area contributed by atoms with Gasteiger partial charge < -0.3 is 9.80 Å². The largest absolute Gasteiger partial charge is 0.366 e. The summed E-state index contributed by atoms with van der Waals surface area (Å²) in [4.78, 5) is 5.23. The van der Waals surface area contributed by atoms with Crippen LogP contribution in [0.15, 0.2) is 24.3 Å². The van der Waals surface area contributed by atoms with Crippen molar-refractivity contribution < 1.29 is 0 Å². The molecule has 0 aliphatic carbocycles. The van der Waals surface area contributed by atoms with Crippen LogP contribution in [-0.2, 0) is 5.41 Å². The third-order valence-corrected chi connectivity index (χ3v) is 5.16. The Morgan fingerprint density at radius 1 is 1.05 bits per heavy atom. The van der Waals surface area contributed by atoms with E-state index in [1.807, 2.05) is 0 Å². The Balaban J connectivity index is 2.10. The highest BCUT2D eigenvalue weighted by atomic mass is 15.2. The molecule has 0 fully saturated rings. The fraction of sp³-hybridized carbons (Fsp3) is 0.684. The van der Waals surface area contributed by atoms with Gasteiger partial charge in [0.25, 0.3) is 0 Å². The van der Waals surface area contributed by atoms with E-state index in [0.717, 1.165) is 6.54 Å². The van der Waals surface area contributed by atoms with Crippen LogP contribution in [0, 0.1) is 0 Å². The standard InChI is InChI=1S/C19H32N2/c1-6-12-20(13-7-2)14-15-21-16(3)19(4,5)17-10-8-9-11-18(17)21/h8-11,16H,6-7,12-15H2,1-5H3/t16-/m1/s1. The van der Waals surface area contributed by atoms with E-state index in [9.17, 15) is 0 Å². The lowest BCUT2D eigenvalue weighted by Crippen LogP contribution is -2.43. The van der Waals surface area contributed by atoms with Gasteiger partial charge in [0.05, 0.1) is 0 Å². The summed E-state index contributed by atoms with van der Waals surface area (Å²) in [7, 11) is 0. The number of para-hydroxylation sites is 1. The summed E-state index contributed by atoms with van der Waals surface area (Å²) >= 11 is 0. The van der Waals surface area contributed by atoms with Crippen molar-refractivity contribution in [2.45, 2.75) is 58.9 Å². The van der Waals surface area contributed by atoms with Crippen molar-refractivity contribution in [1.29, 1.82) is 0 Å². The lowest BCUT2D eigenvalue weighted by Gasteiger charge is -2.33. The maximum Gasteiger partial charge on any atom is 0.0408 e. The predicted octanol–water partition coefficient (Wildman–Crippen LogP) is 4.29. The number of hydrogen-bond acceptors (Lipinski definition) is 2. The molecule has 1 aromatic rings. The van der Waals surface area contributed by atoms with Gasteiger partial charge in [0.15, 0.2) is 0 Å². The molecule has 1 heterocycles. The molecular weight excluding hydrogens is 256 g/mol. The Morgan fingerprint density at radius 2 is 1.67 bits per heavy atom. The molecule has 2 heteroatoms. The normalized spacial score (nSPS) is 20.1. The van der Waals surface area contributed by atoms with Gasteiger partial charge >= 0.3 is 0 Å². The van der Waals surface area contributed by atoms with E-state index in [1.54, 1.807) is 0 Å². The first-order chi connectivity index (χ1) is 10.0. The number of fused-ring (bicyclic) bond motifs is 1. The molecule has 0 spiro atoms. The summed E-state index contributed by atoms with van der Waals surface area (Å²) in [5, 5.41) is 0. The Bertz CT molecular complexity index is 447. The molecule has 1 aromatic carbocycles. The number of hydrogen-bond donors (Lipinski definition) is 0. The topological polar surface area (TPSA) is 6.48 Å². The summed E-state index contributed by atoms with van der Waals surface area (Å²) in [6, 6.07) is 9.53. The summed E-state index contributed by atoms with van der Waals surface area (Å²) < 4.78 is 0. The Hall–Kier alpha value is -1.02. The van der Waals surface area contributed by atoms with E-state index in [-0.39, 0.29) is 5.41 Å². The first-order valence-electron chi connectivity index (χ1n) is 8.60. The minimum Gasteiger partial charge on any atom is -0.366 e. The van der Waals surface area contributed by atoms with Crippen molar-refractivity contribution in [3.05, 3.63) is 29.8 Å². The van der Waals surface area contributed by atoms with Gasteiger partial charge in [-0.2, -0.15) is 0 Å². The van der Waals surface area contributed by atoms with Gasteiger partial charge in [-0.05, 0) is 44.5 Å². The van der Waals surface area contributed by atoms with Gasteiger partial charge in [-0.1, -0.05) is 45.9 Å². The SMILES string of the molecule is CCCN(CCC)CCN1c2ccccc2C(C)(C)[C@H]1C. The second-order valence-electron chi connectivity index (χ2n) is 6.95. The zero-order chi connectivity index (χ0) is 15.5. The highest BCUT2D eigenvalue weighted by molar-refractivity contribution is 5.63. The molecule has 0 unspecified atom stereocenters. The molecule has 1 aliphatic heterocycles. The third-order valence-electron chi connectivity index (χ3n) is 5.16. The van der Waals surface area contributed by atoms with Gasteiger partial charge in [0.1, 0.15) is 0 Å². The molecule has 0 bridgehead atoms. The summed E-state index contributed by atoms with van der Waals surface area (Å²) in [5.41, 5.74) is 3.20. The third kappa shape index (κ3) is 3.26. The van der Waals surface area contributed by atoms with Crippen LogP contribution in [0.1, 0.15) is 53.0 Å². The van der Waals surface area contributed by atoms with Gasteiger partial charge in [-0.25, -0.2) is 0 Å². The van der Waals surface area contributed by atoms with Crippen molar-refractivity contribution in [1.82, 2.24) is 4.90 Å². The smallest absolute Gasteiger partial charge is 0.0408 e. The van der Waals surface area contributed by atoms with Crippen LogP contribution in [0.3, 0.4) is 0 Å². The highest BCUT2D eigenvalue weighted by Crippen LogP contribution is 2.44. The van der Waals surface area contributed by atoms with Gasteiger partial charge in [0.2, 0.25) is 0 Å². The lowest BCUT2D eigenvalue weighted by atomic mass is 9.81. The van der Waals surface area contributed by atoms with Crippen molar-refractivity contribution in [3.63, 3.8) is 0 Å². The average molecular weight is 288 g/mol. The zero-order valence-electron chi connectivity index (χ0n) is 14.5. The summed E-state index contributed by atoms with van der Waals surface area (Å²) in [6.45, 7) is 16.5. The molecular formula is C19H32N2. The molecule has 1 atom stereocenters. The number of nitrogens with zero attached hydrogens (tertiary/aromatic N) is 2. The minimum absolute atomic E-state index is 0.247. The molecule has 0 N–H and O–H groups in total. The number of anilines is 1. The second kappa shape index (κ2) is 6.83. The van der Waals surface area contributed by atoms with E-state index in [2.05, 4.69) is 68.7 Å². The van der Waals surface area contributed by atoms with Crippen LogP contribution < -0.4 is 4.90 Å². The fourth-order valence-corrected chi connectivity index (χ4v) is 3.62. The van der Waals surface area contributed by atoms with Crippen LogP contribution in [0.2, 0.25) is 0 Å².